The van der Waals surface area contributed by atoms with Crippen LogP contribution in [-0.4, -0.2) is 22.2 Å². The van der Waals surface area contributed by atoms with Crippen LogP contribution in [0.3, 0.4) is 0 Å². The molecule has 1 aromatic carbocycles. The first-order valence-electron chi connectivity index (χ1n) is 6.53. The normalized spacial score (nSPS) is 13.2. The van der Waals surface area contributed by atoms with Crippen LogP contribution in [0, 0.1) is 11.3 Å². The fraction of sp³-hybridized carbons (Fsp3) is 0.250. The zero-order chi connectivity index (χ0) is 14.4. The van der Waals surface area contributed by atoms with Gasteiger partial charge in [-0.25, -0.2) is 4.98 Å². The minimum atomic E-state index is -0.505. The lowest BCUT2D eigenvalue weighted by Gasteiger charge is -2.20. The molecule has 0 bridgehead atoms. The SMILES string of the molecule is CC(Nc1ccc(C#N)cn1)C(O)Cc1ccccc1. The largest absolute Gasteiger partial charge is 0.391 e. The number of hydrogen-bond acceptors (Lipinski definition) is 4. The fourth-order valence-corrected chi connectivity index (χ4v) is 1.91. The van der Waals surface area contributed by atoms with Gasteiger partial charge in [-0.3, -0.25) is 0 Å². The molecule has 2 atom stereocenters. The molecule has 0 aliphatic rings. The van der Waals surface area contributed by atoms with E-state index in [2.05, 4.69) is 10.3 Å². The summed E-state index contributed by atoms with van der Waals surface area (Å²) >= 11 is 0. The second-order valence-electron chi connectivity index (χ2n) is 4.73. The van der Waals surface area contributed by atoms with Crippen LogP contribution in [0.15, 0.2) is 48.7 Å². The van der Waals surface area contributed by atoms with E-state index in [0.29, 0.717) is 17.8 Å². The number of aromatic nitrogens is 1. The molecule has 0 saturated carbocycles. The average molecular weight is 267 g/mol. The quantitative estimate of drug-likeness (QED) is 0.872. The topological polar surface area (TPSA) is 68.9 Å². The molecular formula is C16H17N3O. The van der Waals surface area contributed by atoms with E-state index in [9.17, 15) is 5.11 Å². The predicted octanol–water partition coefficient (Wildman–Crippen LogP) is 2.36. The Bertz CT molecular complexity index is 575. The molecule has 0 radical (unpaired) electrons. The van der Waals surface area contributed by atoms with Crippen molar-refractivity contribution in [1.29, 1.82) is 5.26 Å². The van der Waals surface area contributed by atoms with E-state index < -0.39 is 6.10 Å². The fourth-order valence-electron chi connectivity index (χ4n) is 1.91. The Morgan fingerprint density at radius 1 is 1.25 bits per heavy atom. The smallest absolute Gasteiger partial charge is 0.126 e. The number of nitriles is 1. The number of rotatable bonds is 5. The van der Waals surface area contributed by atoms with Crippen LogP contribution < -0.4 is 5.32 Å². The minimum Gasteiger partial charge on any atom is -0.391 e. The molecule has 1 aromatic heterocycles. The molecule has 2 aromatic rings. The van der Waals surface area contributed by atoms with Crippen LogP contribution in [0.1, 0.15) is 18.1 Å². The van der Waals surface area contributed by atoms with Gasteiger partial charge in [0.2, 0.25) is 0 Å². The number of aliphatic hydroxyl groups excluding tert-OH is 1. The lowest BCUT2D eigenvalue weighted by molar-refractivity contribution is 0.158. The number of pyridine rings is 1. The number of anilines is 1. The summed E-state index contributed by atoms with van der Waals surface area (Å²) in [7, 11) is 0. The van der Waals surface area contributed by atoms with Crippen LogP contribution in [0.25, 0.3) is 0 Å². The van der Waals surface area contributed by atoms with Crippen molar-refractivity contribution in [3.63, 3.8) is 0 Å². The van der Waals surface area contributed by atoms with Crippen molar-refractivity contribution in [2.75, 3.05) is 5.32 Å². The molecule has 0 saturated heterocycles. The van der Waals surface area contributed by atoms with E-state index in [-0.39, 0.29) is 6.04 Å². The Morgan fingerprint density at radius 3 is 2.60 bits per heavy atom. The van der Waals surface area contributed by atoms with Gasteiger partial charge in [0.25, 0.3) is 0 Å². The molecule has 102 valence electrons. The van der Waals surface area contributed by atoms with Gasteiger partial charge < -0.3 is 10.4 Å². The molecule has 2 rings (SSSR count). The van der Waals surface area contributed by atoms with Crippen molar-refractivity contribution in [3.05, 3.63) is 59.8 Å². The van der Waals surface area contributed by atoms with Crippen LogP contribution in [0.2, 0.25) is 0 Å². The average Bonchev–Trinajstić information content (AvgIpc) is 2.49. The van der Waals surface area contributed by atoms with Gasteiger partial charge in [0.05, 0.1) is 17.7 Å². The molecule has 0 aliphatic carbocycles. The third-order valence-electron chi connectivity index (χ3n) is 3.13. The Kier molecular flexibility index (Phi) is 4.70. The summed E-state index contributed by atoms with van der Waals surface area (Å²) in [5, 5.41) is 22.0. The van der Waals surface area contributed by atoms with Gasteiger partial charge in [0.15, 0.2) is 0 Å². The van der Waals surface area contributed by atoms with Gasteiger partial charge in [-0.1, -0.05) is 30.3 Å². The van der Waals surface area contributed by atoms with Crippen LogP contribution in [0.5, 0.6) is 0 Å². The molecule has 0 fully saturated rings. The highest BCUT2D eigenvalue weighted by molar-refractivity contribution is 5.39. The standard InChI is InChI=1S/C16H17N3O/c1-12(15(20)9-13-5-3-2-4-6-13)19-16-8-7-14(10-17)11-18-16/h2-8,11-12,15,20H,9H2,1H3,(H,18,19). The second kappa shape index (κ2) is 6.69. The van der Waals surface area contributed by atoms with E-state index in [1.54, 1.807) is 12.1 Å². The van der Waals surface area contributed by atoms with E-state index in [1.807, 2.05) is 43.3 Å². The van der Waals surface area contributed by atoms with Crippen LogP contribution in [0.4, 0.5) is 5.82 Å². The third-order valence-corrected chi connectivity index (χ3v) is 3.13. The van der Waals surface area contributed by atoms with Crippen molar-refractivity contribution in [1.82, 2.24) is 4.98 Å². The van der Waals surface area contributed by atoms with Gasteiger partial charge in [0, 0.05) is 12.6 Å². The predicted molar refractivity (Wildman–Crippen MR) is 78.2 cm³/mol. The summed E-state index contributed by atoms with van der Waals surface area (Å²) in [6, 6.07) is 15.2. The van der Waals surface area contributed by atoms with Gasteiger partial charge >= 0.3 is 0 Å². The van der Waals surface area contributed by atoms with Crippen molar-refractivity contribution in [2.45, 2.75) is 25.5 Å². The summed E-state index contributed by atoms with van der Waals surface area (Å²) in [6.07, 6.45) is 1.60. The summed E-state index contributed by atoms with van der Waals surface area (Å²) in [5.41, 5.74) is 1.62. The van der Waals surface area contributed by atoms with E-state index >= 15 is 0 Å². The molecule has 0 aliphatic heterocycles. The maximum Gasteiger partial charge on any atom is 0.126 e. The second-order valence-corrected chi connectivity index (χ2v) is 4.73. The molecule has 4 heteroatoms. The third kappa shape index (κ3) is 3.81. The first kappa shape index (κ1) is 14.0. The van der Waals surface area contributed by atoms with Crippen molar-refractivity contribution < 1.29 is 5.11 Å². The first-order valence-corrected chi connectivity index (χ1v) is 6.53. The number of nitrogens with zero attached hydrogens (tertiary/aromatic N) is 2. The van der Waals surface area contributed by atoms with Crippen molar-refractivity contribution in [3.8, 4) is 6.07 Å². The highest BCUT2D eigenvalue weighted by atomic mass is 16.3. The first-order chi connectivity index (χ1) is 9.69. The summed E-state index contributed by atoms with van der Waals surface area (Å²) in [4.78, 5) is 4.13. The maximum absolute atomic E-state index is 10.2. The maximum atomic E-state index is 10.2. The van der Waals surface area contributed by atoms with E-state index in [1.165, 1.54) is 6.20 Å². The molecule has 1 heterocycles. The Hall–Kier alpha value is -2.38. The molecule has 2 unspecified atom stereocenters. The summed E-state index contributed by atoms with van der Waals surface area (Å²) < 4.78 is 0. The number of nitrogens with one attached hydrogen (secondary N) is 1. The van der Waals surface area contributed by atoms with Crippen LogP contribution >= 0.6 is 0 Å². The molecule has 4 nitrogen and oxygen atoms in total. The Balaban J connectivity index is 1.93. The number of hydrogen-bond donors (Lipinski definition) is 2. The van der Waals surface area contributed by atoms with E-state index in [4.69, 9.17) is 5.26 Å². The summed E-state index contributed by atoms with van der Waals surface area (Å²) in [6.45, 7) is 1.91. The van der Waals surface area contributed by atoms with Crippen LogP contribution in [-0.2, 0) is 6.42 Å². The van der Waals surface area contributed by atoms with Gasteiger partial charge in [-0.2, -0.15) is 5.26 Å². The highest BCUT2D eigenvalue weighted by Gasteiger charge is 2.14. The highest BCUT2D eigenvalue weighted by Crippen LogP contribution is 2.11. The summed E-state index contributed by atoms with van der Waals surface area (Å²) in [5.74, 6) is 0.656. The zero-order valence-corrected chi connectivity index (χ0v) is 11.3. The van der Waals surface area contributed by atoms with Crippen molar-refractivity contribution >= 4 is 5.82 Å². The number of aliphatic hydroxyl groups is 1. The van der Waals surface area contributed by atoms with Crippen molar-refractivity contribution in [2.24, 2.45) is 0 Å². The zero-order valence-electron chi connectivity index (χ0n) is 11.3. The molecule has 0 amide bonds. The lowest BCUT2D eigenvalue weighted by Crippen LogP contribution is -2.32. The Labute approximate surface area is 118 Å². The number of benzene rings is 1. The van der Waals surface area contributed by atoms with Gasteiger partial charge in [-0.15, -0.1) is 0 Å². The molecular weight excluding hydrogens is 250 g/mol. The van der Waals surface area contributed by atoms with E-state index in [0.717, 1.165) is 5.56 Å². The molecule has 0 spiro atoms. The van der Waals surface area contributed by atoms with Gasteiger partial charge in [0.1, 0.15) is 11.9 Å². The van der Waals surface area contributed by atoms with Gasteiger partial charge in [-0.05, 0) is 24.6 Å². The molecule has 2 N–H and O–H groups in total. The monoisotopic (exact) mass is 267 g/mol. The minimum absolute atomic E-state index is 0.129. The Morgan fingerprint density at radius 2 is 2.00 bits per heavy atom. The lowest BCUT2D eigenvalue weighted by atomic mass is 10.0. The molecule has 20 heavy (non-hydrogen) atoms.